The highest BCUT2D eigenvalue weighted by molar-refractivity contribution is 5.73. The normalized spacial score (nSPS) is 21.2. The van der Waals surface area contributed by atoms with Crippen LogP contribution in [-0.4, -0.2) is 80.8 Å². The largest absolute Gasteiger partial charge is 0.490 e. The van der Waals surface area contributed by atoms with Crippen molar-refractivity contribution in [1.82, 2.24) is 14.9 Å². The second-order valence-electron chi connectivity index (χ2n) is 8.44. The van der Waals surface area contributed by atoms with E-state index in [0.29, 0.717) is 12.5 Å². The summed E-state index contributed by atoms with van der Waals surface area (Å²) in [6, 6.07) is 11.9. The van der Waals surface area contributed by atoms with Crippen LogP contribution in [0.25, 0.3) is 0 Å². The molecule has 210 valence electrons. The molecule has 0 radical (unpaired) electrons. The van der Waals surface area contributed by atoms with E-state index in [0.717, 1.165) is 43.9 Å². The Morgan fingerprint density at radius 2 is 1.71 bits per heavy atom. The Morgan fingerprint density at radius 1 is 1.08 bits per heavy atom. The van der Waals surface area contributed by atoms with Gasteiger partial charge in [0.25, 0.3) is 0 Å². The van der Waals surface area contributed by atoms with Crippen LogP contribution < -0.4 is 4.74 Å². The number of hydrogen-bond donors (Lipinski definition) is 2. The Morgan fingerprint density at radius 3 is 2.24 bits per heavy atom. The van der Waals surface area contributed by atoms with Crippen LogP contribution in [0.3, 0.4) is 0 Å². The second kappa shape index (κ2) is 12.9. The summed E-state index contributed by atoms with van der Waals surface area (Å²) in [5.41, 5.74) is 2.14. The van der Waals surface area contributed by atoms with Crippen LogP contribution in [-0.2, 0) is 20.9 Å². The lowest BCUT2D eigenvalue weighted by Gasteiger charge is -2.23. The van der Waals surface area contributed by atoms with E-state index in [-0.39, 0.29) is 11.7 Å². The van der Waals surface area contributed by atoms with Crippen molar-refractivity contribution in [3.8, 4) is 5.88 Å². The number of halogens is 6. The van der Waals surface area contributed by atoms with Gasteiger partial charge in [-0.15, -0.1) is 0 Å². The van der Waals surface area contributed by atoms with Crippen molar-refractivity contribution in [2.75, 3.05) is 19.7 Å². The number of pyridine rings is 2. The fraction of sp³-hybridized carbons (Fsp3) is 0.478. The Balaban J connectivity index is 0.000000301. The van der Waals surface area contributed by atoms with Crippen LogP contribution in [0.4, 0.5) is 26.3 Å². The van der Waals surface area contributed by atoms with Crippen LogP contribution in [0.15, 0.2) is 42.6 Å². The average Bonchev–Trinajstić information content (AvgIpc) is 3.39. The molecule has 1 spiro atoms. The lowest BCUT2D eigenvalue weighted by atomic mass is 9.98. The first-order valence-electron chi connectivity index (χ1n) is 11.1. The second-order valence-corrected chi connectivity index (χ2v) is 8.44. The van der Waals surface area contributed by atoms with Crippen molar-refractivity contribution in [2.24, 2.45) is 0 Å². The quantitative estimate of drug-likeness (QED) is 0.544. The van der Waals surface area contributed by atoms with Gasteiger partial charge in [-0.25, -0.2) is 14.6 Å². The molecule has 4 rings (SSSR count). The zero-order chi connectivity index (χ0) is 28.6. The van der Waals surface area contributed by atoms with Crippen molar-refractivity contribution >= 4 is 11.9 Å². The zero-order valence-corrected chi connectivity index (χ0v) is 20.0. The maximum atomic E-state index is 10.6. The Kier molecular flexibility index (Phi) is 10.4. The molecule has 0 aromatic carbocycles. The number of carbonyl (C=O) groups is 2. The monoisotopic (exact) mass is 553 g/mol. The first-order chi connectivity index (χ1) is 17.6. The summed E-state index contributed by atoms with van der Waals surface area (Å²) in [6.07, 6.45) is -6.33. The topological polar surface area (TPSA) is 122 Å². The summed E-state index contributed by atoms with van der Waals surface area (Å²) in [4.78, 5) is 29.1. The predicted molar refractivity (Wildman–Crippen MR) is 118 cm³/mol. The number of rotatable bonds is 4. The van der Waals surface area contributed by atoms with E-state index in [9.17, 15) is 26.3 Å². The molecule has 2 saturated heterocycles. The van der Waals surface area contributed by atoms with Gasteiger partial charge in [-0.05, 0) is 31.5 Å². The average molecular weight is 553 g/mol. The van der Waals surface area contributed by atoms with E-state index in [1.54, 1.807) is 6.20 Å². The van der Waals surface area contributed by atoms with E-state index < -0.39 is 24.3 Å². The minimum absolute atomic E-state index is 0.0662. The fourth-order valence-corrected chi connectivity index (χ4v) is 3.73. The summed E-state index contributed by atoms with van der Waals surface area (Å²) in [5.74, 6) is -4.83. The molecule has 0 amide bonds. The van der Waals surface area contributed by atoms with Crippen molar-refractivity contribution in [3.05, 3.63) is 54.0 Å². The van der Waals surface area contributed by atoms with Gasteiger partial charge in [-0.1, -0.05) is 12.1 Å². The third-order valence-electron chi connectivity index (χ3n) is 5.31. The van der Waals surface area contributed by atoms with Crippen molar-refractivity contribution in [2.45, 2.75) is 50.4 Å². The van der Waals surface area contributed by atoms with Crippen LogP contribution in [0, 0.1) is 6.92 Å². The molecule has 0 saturated carbocycles. The number of likely N-dealkylation sites (tertiary alicyclic amines) is 1. The molecule has 0 bridgehead atoms. The van der Waals surface area contributed by atoms with Gasteiger partial charge < -0.3 is 19.7 Å². The van der Waals surface area contributed by atoms with Gasteiger partial charge in [0.05, 0.1) is 17.9 Å². The van der Waals surface area contributed by atoms with Gasteiger partial charge >= 0.3 is 24.3 Å². The van der Waals surface area contributed by atoms with Crippen molar-refractivity contribution in [1.29, 1.82) is 0 Å². The van der Waals surface area contributed by atoms with Gasteiger partial charge in [0, 0.05) is 44.0 Å². The van der Waals surface area contributed by atoms with Crippen LogP contribution in [0.2, 0.25) is 0 Å². The number of aliphatic carboxylic acids is 2. The van der Waals surface area contributed by atoms with Gasteiger partial charge in [0.1, 0.15) is 6.10 Å². The van der Waals surface area contributed by atoms with Crippen molar-refractivity contribution in [3.63, 3.8) is 0 Å². The molecule has 0 unspecified atom stereocenters. The molecule has 15 heteroatoms. The summed E-state index contributed by atoms with van der Waals surface area (Å²) in [6.45, 7) is 5.57. The number of carboxylic acid groups (broad SMARTS) is 2. The van der Waals surface area contributed by atoms with E-state index in [1.165, 1.54) is 0 Å². The molecule has 0 aliphatic carbocycles. The third-order valence-corrected chi connectivity index (χ3v) is 5.31. The number of aryl methyl sites for hydroxylation is 1. The van der Waals surface area contributed by atoms with Crippen LogP contribution in [0.1, 0.15) is 24.2 Å². The van der Waals surface area contributed by atoms with E-state index >= 15 is 0 Å². The van der Waals surface area contributed by atoms with Crippen LogP contribution in [0.5, 0.6) is 5.88 Å². The third kappa shape index (κ3) is 10.1. The minimum atomic E-state index is -5.08. The van der Waals surface area contributed by atoms with Crippen LogP contribution >= 0.6 is 0 Å². The Hall–Kier alpha value is -3.46. The Labute approximate surface area is 213 Å². The lowest BCUT2D eigenvalue weighted by molar-refractivity contribution is -0.193. The maximum absolute atomic E-state index is 10.6. The zero-order valence-electron chi connectivity index (χ0n) is 20.0. The van der Waals surface area contributed by atoms with Gasteiger partial charge in [0.2, 0.25) is 5.88 Å². The van der Waals surface area contributed by atoms with E-state index in [1.807, 2.05) is 31.2 Å². The molecule has 2 atom stereocenters. The highest BCUT2D eigenvalue weighted by Gasteiger charge is 2.46. The predicted octanol–water partition coefficient (Wildman–Crippen LogP) is 3.86. The molecule has 2 aliphatic heterocycles. The molecule has 2 aromatic rings. The number of aromatic nitrogens is 2. The van der Waals surface area contributed by atoms with Gasteiger partial charge in [-0.3, -0.25) is 9.88 Å². The number of hydrogen-bond acceptors (Lipinski definition) is 7. The standard InChI is InChI=1S/C19H23N3O2.2C2HF3O2/c1-15-5-4-6-16(21-15)12-22-10-8-19(14-22)11-17(13-23-19)24-18-7-2-3-9-20-18;2*3-2(4,5)1(6)7/h2-7,9,17H,8,10-14H2,1H3;2*(H,6,7)/t17-,19-;;/m0../s1. The molecule has 9 nitrogen and oxygen atoms in total. The van der Waals surface area contributed by atoms with Gasteiger partial charge in [0.15, 0.2) is 0 Å². The molecule has 2 aliphatic rings. The molecular weight excluding hydrogens is 528 g/mol. The first-order valence-corrected chi connectivity index (χ1v) is 11.1. The number of carboxylic acids is 2. The summed E-state index contributed by atoms with van der Waals surface area (Å²) < 4.78 is 75.6. The molecule has 2 aromatic heterocycles. The summed E-state index contributed by atoms with van der Waals surface area (Å²) in [7, 11) is 0. The summed E-state index contributed by atoms with van der Waals surface area (Å²) in [5, 5.41) is 14.2. The maximum Gasteiger partial charge on any atom is 0.490 e. The smallest absolute Gasteiger partial charge is 0.475 e. The fourth-order valence-electron chi connectivity index (χ4n) is 3.73. The van der Waals surface area contributed by atoms with E-state index in [2.05, 4.69) is 27.0 Å². The highest BCUT2D eigenvalue weighted by Crippen LogP contribution is 2.36. The molecule has 2 fully saturated rings. The van der Waals surface area contributed by atoms with Crippen molar-refractivity contribution < 1.29 is 55.6 Å². The highest BCUT2D eigenvalue weighted by atomic mass is 19.4. The summed E-state index contributed by atoms with van der Waals surface area (Å²) >= 11 is 0. The SMILES string of the molecule is Cc1cccc(CN2CC[C@]3(C[C@H](Oc4ccccn4)CO3)C2)n1.O=C(O)C(F)(F)F.O=C(O)C(F)(F)F. The number of ether oxygens (including phenoxy) is 2. The minimum Gasteiger partial charge on any atom is -0.475 e. The number of alkyl halides is 6. The van der Waals surface area contributed by atoms with Gasteiger partial charge in [-0.2, -0.15) is 26.3 Å². The lowest BCUT2D eigenvalue weighted by Crippen LogP contribution is -2.33. The Bertz CT molecular complexity index is 1050. The number of nitrogens with zero attached hydrogens (tertiary/aromatic N) is 3. The van der Waals surface area contributed by atoms with E-state index in [4.69, 9.17) is 29.3 Å². The molecule has 2 N–H and O–H groups in total. The molecule has 4 heterocycles. The molecular formula is C23H25F6N3O6. The first kappa shape index (κ1) is 30.8. The molecule has 38 heavy (non-hydrogen) atoms.